The van der Waals surface area contributed by atoms with Gasteiger partial charge in [-0.25, -0.2) is 0 Å². The number of ether oxygens (including phenoxy) is 5. The van der Waals surface area contributed by atoms with E-state index >= 15 is 0 Å². The average Bonchev–Trinajstić information content (AvgIpc) is 2.78. The molecule has 9 unspecified atom stereocenters. The number of hydrogen-bond donors (Lipinski definition) is 8. The summed E-state index contributed by atoms with van der Waals surface area (Å²) in [5.41, 5.74) is 0. The molecule has 0 amide bonds. The van der Waals surface area contributed by atoms with Gasteiger partial charge in [0.1, 0.15) is 30.5 Å². The van der Waals surface area contributed by atoms with Crippen LogP contribution >= 0.6 is 0 Å². The van der Waals surface area contributed by atoms with Crippen LogP contribution in [0, 0.1) is 11.8 Å². The summed E-state index contributed by atoms with van der Waals surface area (Å²) in [6, 6.07) is 0. The normalized spacial score (nSPS) is 51.5. The van der Waals surface area contributed by atoms with Crippen molar-refractivity contribution in [2.24, 2.45) is 11.8 Å². The molecule has 13 heteroatoms. The topological polar surface area (TPSA) is 208 Å². The van der Waals surface area contributed by atoms with Gasteiger partial charge in [-0.05, 0) is 13.8 Å². The second-order valence-corrected chi connectivity index (χ2v) is 8.98. The van der Waals surface area contributed by atoms with Crippen molar-refractivity contribution in [3.05, 3.63) is 0 Å². The van der Waals surface area contributed by atoms with Crippen LogP contribution in [0.3, 0.4) is 0 Å². The predicted octanol–water partition coefficient (Wildman–Crippen LogP) is -4.34. The van der Waals surface area contributed by atoms with Crippen molar-refractivity contribution in [1.82, 2.24) is 0 Å². The average molecular weight is 484 g/mol. The number of aliphatic hydroxyl groups excluding tert-OH is 8. The van der Waals surface area contributed by atoms with E-state index in [1.165, 1.54) is 6.92 Å². The van der Waals surface area contributed by atoms with Gasteiger partial charge in [0.05, 0.1) is 56.9 Å². The second kappa shape index (κ2) is 11.5. The minimum atomic E-state index is -1.51. The molecular weight excluding hydrogens is 448 g/mol. The maximum Gasteiger partial charge on any atom is 0.186 e. The highest BCUT2D eigenvalue weighted by molar-refractivity contribution is 4.91. The highest BCUT2D eigenvalue weighted by Gasteiger charge is 2.47. The zero-order chi connectivity index (χ0) is 24.4. The summed E-state index contributed by atoms with van der Waals surface area (Å²) in [4.78, 5) is 0. The molecule has 14 atom stereocenters. The van der Waals surface area contributed by atoms with Gasteiger partial charge in [0.15, 0.2) is 12.6 Å². The van der Waals surface area contributed by atoms with Crippen molar-refractivity contribution in [1.29, 1.82) is 0 Å². The van der Waals surface area contributed by atoms with Gasteiger partial charge in [0, 0.05) is 11.8 Å². The van der Waals surface area contributed by atoms with Gasteiger partial charge in [-0.1, -0.05) is 0 Å². The van der Waals surface area contributed by atoms with Crippen LogP contribution in [0.15, 0.2) is 0 Å². The van der Waals surface area contributed by atoms with Gasteiger partial charge < -0.3 is 64.5 Å². The highest BCUT2D eigenvalue weighted by atomic mass is 16.7. The van der Waals surface area contributed by atoms with Gasteiger partial charge in [0.25, 0.3) is 0 Å². The summed E-state index contributed by atoms with van der Waals surface area (Å²) in [7, 11) is 0. The summed E-state index contributed by atoms with van der Waals surface area (Å²) >= 11 is 0. The molecule has 3 rings (SSSR count). The Kier molecular flexibility index (Phi) is 9.42. The van der Waals surface area contributed by atoms with E-state index in [9.17, 15) is 40.9 Å². The van der Waals surface area contributed by atoms with Crippen molar-refractivity contribution >= 4 is 0 Å². The molecular formula is C20H36O13. The smallest absolute Gasteiger partial charge is 0.186 e. The first-order chi connectivity index (χ1) is 15.6. The quantitative estimate of drug-likeness (QED) is 0.172. The van der Waals surface area contributed by atoms with Crippen LogP contribution in [0.1, 0.15) is 13.8 Å². The van der Waals surface area contributed by atoms with Crippen LogP contribution in [-0.2, 0) is 23.7 Å². The Hall–Kier alpha value is -0.520. The Balaban J connectivity index is 1.53. The van der Waals surface area contributed by atoms with E-state index in [0.717, 1.165) is 0 Å². The fourth-order valence-electron chi connectivity index (χ4n) is 4.34. The molecule has 0 aliphatic carbocycles. The fourth-order valence-corrected chi connectivity index (χ4v) is 4.34. The summed E-state index contributed by atoms with van der Waals surface area (Å²) in [6.45, 7) is 2.20. The van der Waals surface area contributed by atoms with Crippen LogP contribution < -0.4 is 0 Å². The number of hydrogen-bond acceptors (Lipinski definition) is 13. The van der Waals surface area contributed by atoms with Crippen LogP contribution in [0.4, 0.5) is 0 Å². The van der Waals surface area contributed by atoms with Gasteiger partial charge in [-0.2, -0.15) is 0 Å². The van der Waals surface area contributed by atoms with E-state index in [0.29, 0.717) is 0 Å². The first-order valence-electron chi connectivity index (χ1n) is 11.1. The first-order valence-corrected chi connectivity index (χ1v) is 11.1. The van der Waals surface area contributed by atoms with Gasteiger partial charge in [0.2, 0.25) is 0 Å². The van der Waals surface area contributed by atoms with Gasteiger partial charge >= 0.3 is 0 Å². The summed E-state index contributed by atoms with van der Waals surface area (Å²) in [5, 5.41) is 80.4. The predicted molar refractivity (Wildman–Crippen MR) is 106 cm³/mol. The third-order valence-corrected chi connectivity index (χ3v) is 6.71. The SMILES string of the molecule is CC1O[C@@H](OC[C@@H]2C(C)O[C@@H](OCC3C(O)COC(CO)[C@@H]3O)C(O)C2O)C(O)C(O)[C@@H]1O. The molecule has 0 spiro atoms. The maximum absolute atomic E-state index is 10.6. The van der Waals surface area contributed by atoms with Crippen LogP contribution in [0.2, 0.25) is 0 Å². The lowest BCUT2D eigenvalue weighted by Crippen LogP contribution is -2.59. The molecule has 0 bridgehead atoms. The van der Waals surface area contributed by atoms with Gasteiger partial charge in [-0.3, -0.25) is 0 Å². The maximum atomic E-state index is 10.6. The zero-order valence-corrected chi connectivity index (χ0v) is 18.5. The van der Waals surface area contributed by atoms with Crippen molar-refractivity contribution in [3.63, 3.8) is 0 Å². The Labute approximate surface area is 191 Å². The molecule has 8 N–H and O–H groups in total. The molecule has 3 aliphatic rings. The molecule has 194 valence electrons. The minimum Gasteiger partial charge on any atom is -0.394 e. The van der Waals surface area contributed by atoms with E-state index in [-0.39, 0.29) is 19.8 Å². The zero-order valence-electron chi connectivity index (χ0n) is 18.5. The minimum absolute atomic E-state index is 0.0950. The lowest BCUT2D eigenvalue weighted by Gasteiger charge is -2.44. The highest BCUT2D eigenvalue weighted by Crippen LogP contribution is 2.30. The van der Waals surface area contributed by atoms with Crippen molar-refractivity contribution in [2.45, 2.75) is 87.5 Å². The van der Waals surface area contributed by atoms with E-state index in [4.69, 9.17) is 23.7 Å². The van der Waals surface area contributed by atoms with E-state index in [1.54, 1.807) is 6.92 Å². The van der Waals surface area contributed by atoms with E-state index in [1.807, 2.05) is 0 Å². The molecule has 3 heterocycles. The molecule has 0 aromatic heterocycles. The Bertz CT molecular complexity index is 611. The molecule has 3 saturated heterocycles. The Morgan fingerprint density at radius 1 is 0.667 bits per heavy atom. The largest absolute Gasteiger partial charge is 0.394 e. The molecule has 0 radical (unpaired) electrons. The standard InChI is InChI=1S/C20H36O13/c1-7-9(4-30-20-18(28)16(26)13(23)8(2)33-20)15(25)17(27)19(32-7)31-5-10-11(22)6-29-12(3-21)14(10)24/h7-28H,3-6H2,1-2H3/t7?,8?,9-,10?,11?,12?,13-,14-,15?,16?,17?,18?,19-,20-/m1/s1. The molecule has 13 nitrogen and oxygen atoms in total. The fraction of sp³-hybridized carbons (Fsp3) is 1.00. The lowest BCUT2D eigenvalue weighted by atomic mass is 9.89. The molecule has 33 heavy (non-hydrogen) atoms. The van der Waals surface area contributed by atoms with Crippen LogP contribution in [-0.4, -0.2) is 141 Å². The van der Waals surface area contributed by atoms with Crippen LogP contribution in [0.25, 0.3) is 0 Å². The Morgan fingerprint density at radius 3 is 1.82 bits per heavy atom. The Morgan fingerprint density at radius 2 is 1.21 bits per heavy atom. The summed E-state index contributed by atoms with van der Waals surface area (Å²) in [5.74, 6) is -1.54. The molecule has 3 fully saturated rings. The number of aliphatic hydroxyl groups is 8. The van der Waals surface area contributed by atoms with Crippen molar-refractivity contribution in [3.8, 4) is 0 Å². The molecule has 0 aromatic carbocycles. The number of rotatable bonds is 7. The lowest BCUT2D eigenvalue weighted by molar-refractivity contribution is -0.318. The van der Waals surface area contributed by atoms with E-state index in [2.05, 4.69) is 0 Å². The third-order valence-electron chi connectivity index (χ3n) is 6.71. The van der Waals surface area contributed by atoms with Crippen molar-refractivity contribution < 1.29 is 64.5 Å². The summed E-state index contributed by atoms with van der Waals surface area (Å²) in [6.07, 6.45) is -14.2. The monoisotopic (exact) mass is 484 g/mol. The third kappa shape index (κ3) is 5.83. The second-order valence-electron chi connectivity index (χ2n) is 8.98. The molecule has 3 aliphatic heterocycles. The van der Waals surface area contributed by atoms with Crippen LogP contribution in [0.5, 0.6) is 0 Å². The van der Waals surface area contributed by atoms with E-state index < -0.39 is 92.1 Å². The first kappa shape index (κ1) is 27.1. The van der Waals surface area contributed by atoms with Gasteiger partial charge in [-0.15, -0.1) is 0 Å². The summed E-state index contributed by atoms with van der Waals surface area (Å²) < 4.78 is 27.3. The molecule has 0 saturated carbocycles. The molecule has 0 aromatic rings. The van der Waals surface area contributed by atoms with Crippen molar-refractivity contribution in [2.75, 3.05) is 26.4 Å².